The molecule has 0 aromatic heterocycles. The molecule has 18 heavy (non-hydrogen) atoms. The number of amides is 1. The predicted molar refractivity (Wildman–Crippen MR) is 73.7 cm³/mol. The van der Waals surface area contributed by atoms with Gasteiger partial charge in [0.25, 0.3) is 0 Å². The van der Waals surface area contributed by atoms with Gasteiger partial charge in [0.2, 0.25) is 0 Å². The number of likely N-dealkylation sites (tertiary alicyclic amines) is 1. The standard InChI is InChI=1S/C14H28N2O2/c1-6-16-8-7-12(10-16)9-11(2)15-13(17)18-14(3,4)5/h11-12H,6-10H2,1-5H3,(H,15,17). The Kier molecular flexibility index (Phi) is 5.45. The number of ether oxygens (including phenoxy) is 1. The van der Waals surface area contributed by atoms with E-state index >= 15 is 0 Å². The molecular weight excluding hydrogens is 228 g/mol. The molecule has 1 heterocycles. The van der Waals surface area contributed by atoms with Crippen LogP contribution < -0.4 is 5.32 Å². The summed E-state index contributed by atoms with van der Waals surface area (Å²) < 4.78 is 5.25. The molecule has 106 valence electrons. The van der Waals surface area contributed by atoms with Gasteiger partial charge in [-0.1, -0.05) is 6.92 Å². The maximum absolute atomic E-state index is 11.6. The van der Waals surface area contributed by atoms with Gasteiger partial charge < -0.3 is 15.0 Å². The summed E-state index contributed by atoms with van der Waals surface area (Å²) in [5.74, 6) is 0.704. The lowest BCUT2D eigenvalue weighted by Gasteiger charge is -2.23. The van der Waals surface area contributed by atoms with Crippen molar-refractivity contribution in [1.82, 2.24) is 10.2 Å². The van der Waals surface area contributed by atoms with E-state index in [0.717, 1.165) is 19.5 Å². The normalized spacial score (nSPS) is 22.8. The topological polar surface area (TPSA) is 41.6 Å². The van der Waals surface area contributed by atoms with E-state index in [0.29, 0.717) is 5.92 Å². The molecule has 1 saturated heterocycles. The number of alkyl carbamates (subject to hydrolysis) is 1. The third kappa shape index (κ3) is 5.71. The van der Waals surface area contributed by atoms with Gasteiger partial charge in [0.1, 0.15) is 5.60 Å². The second kappa shape index (κ2) is 6.41. The molecule has 0 saturated carbocycles. The number of hydrogen-bond acceptors (Lipinski definition) is 3. The van der Waals surface area contributed by atoms with Crippen molar-refractivity contribution >= 4 is 6.09 Å². The molecule has 0 aromatic carbocycles. The van der Waals surface area contributed by atoms with E-state index in [2.05, 4.69) is 24.1 Å². The highest BCUT2D eigenvalue weighted by Gasteiger charge is 2.24. The summed E-state index contributed by atoms with van der Waals surface area (Å²) in [5.41, 5.74) is -0.420. The Morgan fingerprint density at radius 3 is 2.67 bits per heavy atom. The van der Waals surface area contributed by atoms with Crippen molar-refractivity contribution in [2.24, 2.45) is 5.92 Å². The first-order chi connectivity index (χ1) is 8.30. The van der Waals surface area contributed by atoms with Gasteiger partial charge in [-0.3, -0.25) is 0 Å². The summed E-state index contributed by atoms with van der Waals surface area (Å²) in [6, 6.07) is 0.182. The van der Waals surface area contributed by atoms with Gasteiger partial charge in [0.05, 0.1) is 0 Å². The molecule has 0 bridgehead atoms. The quantitative estimate of drug-likeness (QED) is 0.840. The lowest BCUT2D eigenvalue weighted by molar-refractivity contribution is 0.0502. The number of nitrogens with one attached hydrogen (secondary N) is 1. The molecule has 2 unspecified atom stereocenters. The monoisotopic (exact) mass is 256 g/mol. The Morgan fingerprint density at radius 1 is 1.50 bits per heavy atom. The molecule has 0 spiro atoms. The van der Waals surface area contributed by atoms with E-state index in [1.807, 2.05) is 20.8 Å². The van der Waals surface area contributed by atoms with Crippen molar-refractivity contribution < 1.29 is 9.53 Å². The summed E-state index contributed by atoms with van der Waals surface area (Å²) in [6.45, 7) is 13.4. The summed E-state index contributed by atoms with van der Waals surface area (Å²) >= 11 is 0. The molecule has 1 amide bonds. The van der Waals surface area contributed by atoms with Gasteiger partial charge in [-0.15, -0.1) is 0 Å². The zero-order valence-corrected chi connectivity index (χ0v) is 12.5. The van der Waals surface area contributed by atoms with E-state index in [1.54, 1.807) is 0 Å². The first-order valence-electron chi connectivity index (χ1n) is 7.02. The summed E-state index contributed by atoms with van der Waals surface area (Å²) in [6.07, 6.45) is 1.98. The van der Waals surface area contributed by atoms with Crippen LogP contribution in [0.1, 0.15) is 47.5 Å². The molecule has 1 aliphatic rings. The minimum Gasteiger partial charge on any atom is -0.444 e. The Hall–Kier alpha value is -0.770. The molecule has 4 heteroatoms. The van der Waals surface area contributed by atoms with Crippen molar-refractivity contribution in [2.45, 2.75) is 59.1 Å². The molecule has 1 N–H and O–H groups in total. The average Bonchev–Trinajstić information content (AvgIpc) is 2.61. The number of rotatable bonds is 4. The van der Waals surface area contributed by atoms with Crippen molar-refractivity contribution in [2.75, 3.05) is 19.6 Å². The number of nitrogens with zero attached hydrogens (tertiary/aromatic N) is 1. The largest absolute Gasteiger partial charge is 0.444 e. The summed E-state index contributed by atoms with van der Waals surface area (Å²) in [5, 5.41) is 2.92. The molecule has 0 aromatic rings. The molecular formula is C14H28N2O2. The van der Waals surface area contributed by atoms with Gasteiger partial charge in [-0.25, -0.2) is 4.79 Å². The van der Waals surface area contributed by atoms with Crippen LogP contribution in [0.15, 0.2) is 0 Å². The molecule has 2 atom stereocenters. The second-order valence-electron chi connectivity index (χ2n) is 6.33. The Morgan fingerprint density at radius 2 is 2.17 bits per heavy atom. The Bertz CT molecular complexity index is 273. The molecule has 1 fully saturated rings. The number of carbonyl (C=O) groups is 1. The zero-order chi connectivity index (χ0) is 13.8. The first-order valence-corrected chi connectivity index (χ1v) is 7.02. The fourth-order valence-electron chi connectivity index (χ4n) is 2.46. The van der Waals surface area contributed by atoms with Crippen molar-refractivity contribution in [3.05, 3.63) is 0 Å². The van der Waals surface area contributed by atoms with Crippen LogP contribution in [-0.4, -0.2) is 42.3 Å². The van der Waals surface area contributed by atoms with Gasteiger partial charge >= 0.3 is 6.09 Å². The average molecular weight is 256 g/mol. The van der Waals surface area contributed by atoms with Crippen LogP contribution in [0, 0.1) is 5.92 Å². The smallest absolute Gasteiger partial charge is 0.407 e. The lowest BCUT2D eigenvalue weighted by Crippen LogP contribution is -2.38. The predicted octanol–water partition coefficient (Wildman–Crippen LogP) is 2.63. The van der Waals surface area contributed by atoms with Crippen LogP contribution in [0.4, 0.5) is 4.79 Å². The van der Waals surface area contributed by atoms with Crippen LogP contribution in [0.25, 0.3) is 0 Å². The second-order valence-corrected chi connectivity index (χ2v) is 6.33. The van der Waals surface area contributed by atoms with E-state index in [4.69, 9.17) is 4.74 Å². The van der Waals surface area contributed by atoms with Crippen molar-refractivity contribution in [3.63, 3.8) is 0 Å². The maximum atomic E-state index is 11.6. The van der Waals surface area contributed by atoms with Crippen molar-refractivity contribution in [3.8, 4) is 0 Å². The molecule has 4 nitrogen and oxygen atoms in total. The Labute approximate surface area is 111 Å². The van der Waals surface area contributed by atoms with Crippen LogP contribution in [0.5, 0.6) is 0 Å². The van der Waals surface area contributed by atoms with Gasteiger partial charge in [-0.05, 0) is 59.5 Å². The van der Waals surface area contributed by atoms with Crippen LogP contribution in [0.2, 0.25) is 0 Å². The van der Waals surface area contributed by atoms with Gasteiger partial charge in [0.15, 0.2) is 0 Å². The van der Waals surface area contributed by atoms with Crippen LogP contribution >= 0.6 is 0 Å². The molecule has 0 aliphatic carbocycles. The van der Waals surface area contributed by atoms with E-state index in [-0.39, 0.29) is 12.1 Å². The minimum absolute atomic E-state index is 0.182. The zero-order valence-electron chi connectivity index (χ0n) is 12.5. The number of hydrogen-bond donors (Lipinski definition) is 1. The molecule has 0 radical (unpaired) electrons. The van der Waals surface area contributed by atoms with Gasteiger partial charge in [0, 0.05) is 12.6 Å². The third-order valence-electron chi connectivity index (χ3n) is 3.27. The van der Waals surface area contributed by atoms with E-state index < -0.39 is 5.60 Å². The first kappa shape index (κ1) is 15.3. The summed E-state index contributed by atoms with van der Waals surface area (Å²) in [7, 11) is 0. The molecule has 1 aliphatic heterocycles. The van der Waals surface area contributed by atoms with E-state index in [1.165, 1.54) is 13.0 Å². The van der Waals surface area contributed by atoms with Crippen LogP contribution in [-0.2, 0) is 4.74 Å². The fourth-order valence-corrected chi connectivity index (χ4v) is 2.46. The summed E-state index contributed by atoms with van der Waals surface area (Å²) in [4.78, 5) is 14.1. The van der Waals surface area contributed by atoms with Crippen LogP contribution in [0.3, 0.4) is 0 Å². The SMILES string of the molecule is CCN1CCC(CC(C)NC(=O)OC(C)(C)C)C1. The number of carbonyl (C=O) groups excluding carboxylic acids is 1. The highest BCUT2D eigenvalue weighted by molar-refractivity contribution is 5.67. The highest BCUT2D eigenvalue weighted by atomic mass is 16.6. The van der Waals surface area contributed by atoms with Crippen molar-refractivity contribution in [1.29, 1.82) is 0 Å². The highest BCUT2D eigenvalue weighted by Crippen LogP contribution is 2.20. The lowest BCUT2D eigenvalue weighted by atomic mass is 10.0. The third-order valence-corrected chi connectivity index (χ3v) is 3.27. The maximum Gasteiger partial charge on any atom is 0.407 e. The van der Waals surface area contributed by atoms with E-state index in [9.17, 15) is 4.79 Å². The fraction of sp³-hybridized carbons (Fsp3) is 0.929. The molecule has 1 rings (SSSR count). The Balaban J connectivity index is 2.25. The minimum atomic E-state index is -0.420. The van der Waals surface area contributed by atoms with Gasteiger partial charge in [-0.2, -0.15) is 0 Å².